The summed E-state index contributed by atoms with van der Waals surface area (Å²) in [5.74, 6) is 0.253. The van der Waals surface area contributed by atoms with Gasteiger partial charge in [0.1, 0.15) is 0 Å². The van der Waals surface area contributed by atoms with Crippen molar-refractivity contribution in [2.75, 3.05) is 6.26 Å². The summed E-state index contributed by atoms with van der Waals surface area (Å²) in [5, 5.41) is 0. The number of thioether (sulfide) groups is 1. The number of thiophene rings is 1. The molecule has 0 aliphatic heterocycles. The second-order valence-electron chi connectivity index (χ2n) is 2.56. The Labute approximate surface area is 81.2 Å². The zero-order chi connectivity index (χ0) is 9.14. The largest absolute Gasteiger partial charge is 0.293 e. The van der Waals surface area contributed by atoms with Crippen molar-refractivity contribution in [2.45, 2.75) is 24.5 Å². The maximum absolute atomic E-state index is 11.3. The van der Waals surface area contributed by atoms with Gasteiger partial charge in [-0.2, -0.15) is 0 Å². The van der Waals surface area contributed by atoms with E-state index in [0.717, 1.165) is 4.88 Å². The van der Waals surface area contributed by atoms with Crippen LogP contribution in [-0.4, -0.2) is 12.0 Å². The van der Waals surface area contributed by atoms with Gasteiger partial charge in [-0.15, -0.1) is 23.1 Å². The van der Waals surface area contributed by atoms with E-state index in [1.807, 2.05) is 19.2 Å². The molecule has 0 saturated heterocycles. The third kappa shape index (κ3) is 1.90. The Kier molecular flexibility index (Phi) is 3.35. The van der Waals surface area contributed by atoms with E-state index >= 15 is 0 Å². The van der Waals surface area contributed by atoms with Crippen LogP contribution in [0.1, 0.15) is 28.6 Å². The number of carbonyl (C=O) groups is 1. The smallest absolute Gasteiger partial charge is 0.172 e. The highest BCUT2D eigenvalue weighted by molar-refractivity contribution is 8.00. The van der Waals surface area contributed by atoms with Gasteiger partial charge in [0.15, 0.2) is 5.78 Å². The van der Waals surface area contributed by atoms with Crippen LogP contribution in [0.5, 0.6) is 0 Å². The standard InChI is InChI=1S/C9H12OS2/c1-4-7(10)8-5-6(2)9(11-3)12-8/h5H,4H2,1-3H3. The minimum atomic E-state index is 0.253. The number of ketones is 1. The van der Waals surface area contributed by atoms with E-state index in [9.17, 15) is 4.79 Å². The fourth-order valence-electron chi connectivity index (χ4n) is 0.980. The van der Waals surface area contributed by atoms with Gasteiger partial charge < -0.3 is 0 Å². The SMILES string of the molecule is CCC(=O)c1cc(C)c(SC)s1. The van der Waals surface area contributed by atoms with Crippen LogP contribution in [0, 0.1) is 6.92 Å². The molecule has 1 aromatic heterocycles. The summed E-state index contributed by atoms with van der Waals surface area (Å²) in [6.07, 6.45) is 2.65. The second-order valence-corrected chi connectivity index (χ2v) is 4.69. The Morgan fingerprint density at radius 2 is 2.33 bits per heavy atom. The highest BCUT2D eigenvalue weighted by atomic mass is 32.2. The molecule has 1 heterocycles. The van der Waals surface area contributed by atoms with Crippen LogP contribution in [0.2, 0.25) is 0 Å². The van der Waals surface area contributed by atoms with Crippen LogP contribution < -0.4 is 0 Å². The fourth-order valence-corrected chi connectivity index (χ4v) is 2.88. The van der Waals surface area contributed by atoms with Crippen LogP contribution in [0.15, 0.2) is 10.3 Å². The zero-order valence-corrected chi connectivity index (χ0v) is 9.14. The van der Waals surface area contributed by atoms with Crippen molar-refractivity contribution in [3.05, 3.63) is 16.5 Å². The topological polar surface area (TPSA) is 17.1 Å². The highest BCUT2D eigenvalue weighted by Gasteiger charge is 2.09. The van der Waals surface area contributed by atoms with E-state index < -0.39 is 0 Å². The lowest BCUT2D eigenvalue weighted by atomic mass is 10.2. The van der Waals surface area contributed by atoms with E-state index in [-0.39, 0.29) is 5.78 Å². The highest BCUT2D eigenvalue weighted by Crippen LogP contribution is 2.30. The van der Waals surface area contributed by atoms with Gasteiger partial charge in [-0.1, -0.05) is 6.92 Å². The second kappa shape index (κ2) is 4.10. The quantitative estimate of drug-likeness (QED) is 0.549. The van der Waals surface area contributed by atoms with Crippen molar-refractivity contribution >= 4 is 28.9 Å². The van der Waals surface area contributed by atoms with Crippen molar-refractivity contribution in [3.63, 3.8) is 0 Å². The summed E-state index contributed by atoms with van der Waals surface area (Å²) in [5.41, 5.74) is 1.23. The molecule has 0 bridgehead atoms. The third-order valence-electron chi connectivity index (χ3n) is 1.65. The number of hydrogen-bond donors (Lipinski definition) is 0. The molecule has 0 saturated carbocycles. The van der Waals surface area contributed by atoms with Crippen LogP contribution in [-0.2, 0) is 0 Å². The molecule has 1 nitrogen and oxygen atoms in total. The first-order valence-electron chi connectivity index (χ1n) is 3.86. The molecular weight excluding hydrogens is 188 g/mol. The predicted molar refractivity (Wildman–Crippen MR) is 55.5 cm³/mol. The molecule has 0 unspecified atom stereocenters. The first kappa shape index (κ1) is 9.81. The molecule has 0 amide bonds. The Balaban J connectivity index is 2.96. The molecule has 3 heteroatoms. The maximum atomic E-state index is 11.3. The van der Waals surface area contributed by atoms with Crippen molar-refractivity contribution in [3.8, 4) is 0 Å². The molecule has 0 radical (unpaired) electrons. The summed E-state index contributed by atoms with van der Waals surface area (Å²) >= 11 is 3.32. The van der Waals surface area contributed by atoms with Crippen molar-refractivity contribution in [1.29, 1.82) is 0 Å². The average Bonchev–Trinajstić information content (AvgIpc) is 2.45. The molecule has 66 valence electrons. The fraction of sp³-hybridized carbons (Fsp3) is 0.444. The molecule has 12 heavy (non-hydrogen) atoms. The third-order valence-corrected chi connectivity index (χ3v) is 4.17. The first-order valence-corrected chi connectivity index (χ1v) is 5.90. The average molecular weight is 200 g/mol. The minimum Gasteiger partial charge on any atom is -0.293 e. The Hall–Kier alpha value is -0.280. The van der Waals surface area contributed by atoms with Gasteiger partial charge >= 0.3 is 0 Å². The van der Waals surface area contributed by atoms with Crippen molar-refractivity contribution in [1.82, 2.24) is 0 Å². The molecule has 0 aliphatic rings. The van der Waals surface area contributed by atoms with Gasteiger partial charge in [0.25, 0.3) is 0 Å². The molecule has 0 aromatic carbocycles. The van der Waals surface area contributed by atoms with Gasteiger partial charge in [0, 0.05) is 6.42 Å². The summed E-state index contributed by atoms with van der Waals surface area (Å²) in [6, 6.07) is 1.99. The lowest BCUT2D eigenvalue weighted by Crippen LogP contribution is -1.90. The van der Waals surface area contributed by atoms with E-state index in [2.05, 4.69) is 6.92 Å². The molecule has 1 aromatic rings. The lowest BCUT2D eigenvalue weighted by Gasteiger charge is -1.88. The van der Waals surface area contributed by atoms with Crippen LogP contribution in [0.25, 0.3) is 0 Å². The molecule has 0 N–H and O–H groups in total. The maximum Gasteiger partial charge on any atom is 0.172 e. The Morgan fingerprint density at radius 3 is 2.75 bits per heavy atom. The molecule has 0 atom stereocenters. The van der Waals surface area contributed by atoms with E-state index in [0.29, 0.717) is 6.42 Å². The van der Waals surface area contributed by atoms with Gasteiger partial charge in [-0.05, 0) is 24.8 Å². The number of Topliss-reactive ketones (excluding diaryl/α,β-unsaturated/α-hetero) is 1. The summed E-state index contributed by atoms with van der Waals surface area (Å²) in [6.45, 7) is 3.95. The monoisotopic (exact) mass is 200 g/mol. The molecule has 0 spiro atoms. The van der Waals surface area contributed by atoms with E-state index in [1.165, 1.54) is 9.77 Å². The van der Waals surface area contributed by atoms with Gasteiger partial charge in [0.2, 0.25) is 0 Å². The summed E-state index contributed by atoms with van der Waals surface area (Å²) < 4.78 is 1.26. The summed E-state index contributed by atoms with van der Waals surface area (Å²) in [7, 11) is 0. The number of hydrogen-bond acceptors (Lipinski definition) is 3. The Morgan fingerprint density at radius 1 is 1.67 bits per heavy atom. The van der Waals surface area contributed by atoms with Crippen LogP contribution in [0.4, 0.5) is 0 Å². The minimum absolute atomic E-state index is 0.253. The lowest BCUT2D eigenvalue weighted by molar-refractivity contribution is 0.0992. The van der Waals surface area contributed by atoms with Gasteiger partial charge in [0.05, 0.1) is 9.09 Å². The molecule has 0 fully saturated rings. The predicted octanol–water partition coefficient (Wildman–Crippen LogP) is 3.37. The van der Waals surface area contributed by atoms with Gasteiger partial charge in [-0.3, -0.25) is 4.79 Å². The zero-order valence-electron chi connectivity index (χ0n) is 7.51. The normalized spacial score (nSPS) is 10.2. The summed E-state index contributed by atoms with van der Waals surface area (Å²) in [4.78, 5) is 12.2. The number of carbonyl (C=O) groups excluding carboxylic acids is 1. The Bertz CT molecular complexity index is 289. The van der Waals surface area contributed by atoms with Crippen molar-refractivity contribution in [2.24, 2.45) is 0 Å². The van der Waals surface area contributed by atoms with Crippen molar-refractivity contribution < 1.29 is 4.79 Å². The molecule has 0 aliphatic carbocycles. The molecule has 1 rings (SSSR count). The first-order chi connectivity index (χ1) is 5.69. The van der Waals surface area contributed by atoms with E-state index in [4.69, 9.17) is 0 Å². The van der Waals surface area contributed by atoms with Crippen LogP contribution >= 0.6 is 23.1 Å². The van der Waals surface area contributed by atoms with Crippen LogP contribution in [0.3, 0.4) is 0 Å². The number of aryl methyl sites for hydroxylation is 1. The molecular formula is C9H12OS2. The van der Waals surface area contributed by atoms with E-state index in [1.54, 1.807) is 23.1 Å². The number of rotatable bonds is 3. The van der Waals surface area contributed by atoms with Gasteiger partial charge in [-0.25, -0.2) is 0 Å².